The van der Waals surface area contributed by atoms with Gasteiger partial charge < -0.3 is 10.5 Å². The summed E-state index contributed by atoms with van der Waals surface area (Å²) in [5.74, 6) is 1.39. The largest absolute Gasteiger partial charge is 0.490 e. The summed E-state index contributed by atoms with van der Waals surface area (Å²) in [5.41, 5.74) is 6.94. The molecule has 0 aliphatic heterocycles. The lowest BCUT2D eigenvalue weighted by atomic mass is 10.1. The Hall–Kier alpha value is -0.540. The number of rotatable bonds is 4. The number of ether oxygens (including phenoxy) is 1. The SMILES string of the molecule is CC(C)C(C)Oc1ccc([C@@H](C)N)c(Br)c1. The molecule has 2 atom stereocenters. The molecule has 3 heteroatoms. The molecule has 0 amide bonds. The Morgan fingerprint density at radius 1 is 1.19 bits per heavy atom. The second kappa shape index (κ2) is 5.69. The van der Waals surface area contributed by atoms with E-state index in [1.165, 1.54) is 0 Å². The highest BCUT2D eigenvalue weighted by Crippen LogP contribution is 2.27. The van der Waals surface area contributed by atoms with Crippen LogP contribution in [-0.4, -0.2) is 6.10 Å². The molecule has 0 aromatic heterocycles. The minimum atomic E-state index is 0.0333. The van der Waals surface area contributed by atoms with E-state index in [9.17, 15) is 0 Å². The summed E-state index contributed by atoms with van der Waals surface area (Å²) < 4.78 is 6.83. The third kappa shape index (κ3) is 3.49. The molecule has 0 saturated carbocycles. The van der Waals surface area contributed by atoms with Crippen LogP contribution in [0.1, 0.15) is 39.3 Å². The van der Waals surface area contributed by atoms with Gasteiger partial charge >= 0.3 is 0 Å². The molecule has 0 spiro atoms. The van der Waals surface area contributed by atoms with Crippen molar-refractivity contribution in [2.75, 3.05) is 0 Å². The fraction of sp³-hybridized carbons (Fsp3) is 0.538. The maximum Gasteiger partial charge on any atom is 0.120 e. The monoisotopic (exact) mass is 285 g/mol. The topological polar surface area (TPSA) is 35.2 Å². The van der Waals surface area contributed by atoms with Crippen LogP contribution >= 0.6 is 15.9 Å². The van der Waals surface area contributed by atoms with E-state index in [2.05, 4.69) is 36.7 Å². The van der Waals surface area contributed by atoms with Gasteiger partial charge in [-0.1, -0.05) is 35.8 Å². The van der Waals surface area contributed by atoms with Crippen molar-refractivity contribution in [2.45, 2.75) is 39.8 Å². The second-order valence-electron chi connectivity index (χ2n) is 4.54. The molecule has 0 radical (unpaired) electrons. The molecule has 1 aromatic rings. The first kappa shape index (κ1) is 13.5. The summed E-state index contributed by atoms with van der Waals surface area (Å²) >= 11 is 3.51. The van der Waals surface area contributed by atoms with Gasteiger partial charge in [0.05, 0.1) is 6.10 Å². The Bertz CT molecular complexity index is 350. The minimum absolute atomic E-state index is 0.0333. The van der Waals surface area contributed by atoms with Crippen molar-refractivity contribution >= 4 is 15.9 Å². The first-order valence-corrected chi connectivity index (χ1v) is 6.42. The predicted octanol–water partition coefficient (Wildman–Crippen LogP) is 3.89. The zero-order valence-corrected chi connectivity index (χ0v) is 11.9. The summed E-state index contributed by atoms with van der Waals surface area (Å²) in [5, 5.41) is 0. The summed E-state index contributed by atoms with van der Waals surface area (Å²) in [6.07, 6.45) is 0.216. The zero-order chi connectivity index (χ0) is 12.3. The van der Waals surface area contributed by atoms with E-state index in [-0.39, 0.29) is 12.1 Å². The van der Waals surface area contributed by atoms with E-state index >= 15 is 0 Å². The molecule has 1 unspecified atom stereocenters. The van der Waals surface area contributed by atoms with Crippen LogP contribution in [0.4, 0.5) is 0 Å². The molecule has 0 aliphatic carbocycles. The van der Waals surface area contributed by atoms with E-state index < -0.39 is 0 Å². The van der Waals surface area contributed by atoms with Crippen LogP contribution in [0.2, 0.25) is 0 Å². The van der Waals surface area contributed by atoms with E-state index in [0.29, 0.717) is 5.92 Å². The fourth-order valence-corrected chi connectivity index (χ4v) is 2.02. The lowest BCUT2D eigenvalue weighted by Gasteiger charge is -2.19. The van der Waals surface area contributed by atoms with Gasteiger partial charge in [-0.2, -0.15) is 0 Å². The second-order valence-corrected chi connectivity index (χ2v) is 5.39. The molecule has 90 valence electrons. The molecule has 2 nitrogen and oxygen atoms in total. The molecule has 0 fully saturated rings. The van der Waals surface area contributed by atoms with Crippen LogP contribution in [0.15, 0.2) is 22.7 Å². The van der Waals surface area contributed by atoms with Gasteiger partial charge in [0.2, 0.25) is 0 Å². The van der Waals surface area contributed by atoms with Gasteiger partial charge in [-0.05, 0) is 37.5 Å². The van der Waals surface area contributed by atoms with E-state index in [1.807, 2.05) is 25.1 Å². The van der Waals surface area contributed by atoms with Crippen molar-refractivity contribution in [3.63, 3.8) is 0 Å². The predicted molar refractivity (Wildman–Crippen MR) is 71.7 cm³/mol. The molecule has 0 aliphatic rings. The Kier molecular flexibility index (Phi) is 4.81. The molecule has 0 heterocycles. The van der Waals surface area contributed by atoms with Crippen molar-refractivity contribution in [2.24, 2.45) is 11.7 Å². The Balaban J connectivity index is 2.81. The third-order valence-electron chi connectivity index (χ3n) is 2.72. The van der Waals surface area contributed by atoms with Crippen LogP contribution in [-0.2, 0) is 0 Å². The van der Waals surface area contributed by atoms with Gasteiger partial charge in [-0.3, -0.25) is 0 Å². The minimum Gasteiger partial charge on any atom is -0.490 e. The Morgan fingerprint density at radius 3 is 2.25 bits per heavy atom. The van der Waals surface area contributed by atoms with Crippen LogP contribution < -0.4 is 10.5 Å². The van der Waals surface area contributed by atoms with Crippen LogP contribution in [0.5, 0.6) is 5.75 Å². The van der Waals surface area contributed by atoms with E-state index in [1.54, 1.807) is 0 Å². The molecule has 1 rings (SSSR count). The lowest BCUT2D eigenvalue weighted by molar-refractivity contribution is 0.170. The number of benzene rings is 1. The third-order valence-corrected chi connectivity index (χ3v) is 3.41. The quantitative estimate of drug-likeness (QED) is 0.911. The molecule has 16 heavy (non-hydrogen) atoms. The fourth-order valence-electron chi connectivity index (χ4n) is 1.30. The first-order valence-electron chi connectivity index (χ1n) is 5.63. The average Bonchev–Trinajstić information content (AvgIpc) is 2.16. The highest BCUT2D eigenvalue weighted by molar-refractivity contribution is 9.10. The number of halogens is 1. The smallest absolute Gasteiger partial charge is 0.120 e. The summed E-state index contributed by atoms with van der Waals surface area (Å²) in [7, 11) is 0. The van der Waals surface area contributed by atoms with Gasteiger partial charge in [-0.15, -0.1) is 0 Å². The van der Waals surface area contributed by atoms with Gasteiger partial charge in [-0.25, -0.2) is 0 Å². The van der Waals surface area contributed by atoms with Crippen molar-refractivity contribution in [1.82, 2.24) is 0 Å². The normalized spacial score (nSPS) is 14.9. The van der Waals surface area contributed by atoms with Gasteiger partial charge in [0.15, 0.2) is 0 Å². The summed E-state index contributed by atoms with van der Waals surface area (Å²) in [6.45, 7) is 8.35. The molecular weight excluding hydrogens is 266 g/mol. The highest BCUT2D eigenvalue weighted by Gasteiger charge is 2.11. The molecule has 0 saturated heterocycles. The summed E-state index contributed by atoms with van der Waals surface area (Å²) in [4.78, 5) is 0. The van der Waals surface area contributed by atoms with E-state index in [4.69, 9.17) is 10.5 Å². The van der Waals surface area contributed by atoms with Crippen LogP contribution in [0, 0.1) is 5.92 Å². The number of hydrogen-bond acceptors (Lipinski definition) is 2. The molecule has 1 aromatic carbocycles. The van der Waals surface area contributed by atoms with Crippen molar-refractivity contribution in [3.05, 3.63) is 28.2 Å². The van der Waals surface area contributed by atoms with Crippen molar-refractivity contribution < 1.29 is 4.74 Å². The maximum absolute atomic E-state index is 5.84. The molecular formula is C13H20BrNO. The zero-order valence-electron chi connectivity index (χ0n) is 10.3. The van der Waals surface area contributed by atoms with Gasteiger partial charge in [0.1, 0.15) is 5.75 Å². The summed E-state index contributed by atoms with van der Waals surface area (Å²) in [6, 6.07) is 6.00. The lowest BCUT2D eigenvalue weighted by Crippen LogP contribution is -2.18. The number of hydrogen-bond donors (Lipinski definition) is 1. The van der Waals surface area contributed by atoms with Gasteiger partial charge in [0, 0.05) is 10.5 Å². The van der Waals surface area contributed by atoms with E-state index in [0.717, 1.165) is 15.8 Å². The average molecular weight is 286 g/mol. The number of nitrogens with two attached hydrogens (primary N) is 1. The van der Waals surface area contributed by atoms with Crippen LogP contribution in [0.3, 0.4) is 0 Å². The van der Waals surface area contributed by atoms with Crippen molar-refractivity contribution in [3.8, 4) is 5.75 Å². The van der Waals surface area contributed by atoms with Crippen LogP contribution in [0.25, 0.3) is 0 Å². The van der Waals surface area contributed by atoms with Gasteiger partial charge in [0.25, 0.3) is 0 Å². The molecule has 2 N–H and O–H groups in total. The standard InChI is InChI=1S/C13H20BrNO/c1-8(2)10(4)16-11-5-6-12(9(3)15)13(14)7-11/h5-10H,15H2,1-4H3/t9-,10?/m1/s1. The highest BCUT2D eigenvalue weighted by atomic mass is 79.9. The first-order chi connectivity index (χ1) is 7.41. The maximum atomic E-state index is 5.84. The molecule has 0 bridgehead atoms. The van der Waals surface area contributed by atoms with Crippen molar-refractivity contribution in [1.29, 1.82) is 0 Å². The Labute approximate surface area is 106 Å². The Morgan fingerprint density at radius 2 is 1.81 bits per heavy atom.